The summed E-state index contributed by atoms with van der Waals surface area (Å²) >= 11 is 18.3. The number of carbonyl (C=O) groups excluding carboxylic acids is 3. The van der Waals surface area contributed by atoms with Gasteiger partial charge >= 0.3 is 0 Å². The van der Waals surface area contributed by atoms with Crippen molar-refractivity contribution in [2.75, 3.05) is 0 Å². The van der Waals surface area contributed by atoms with Gasteiger partial charge in [0.15, 0.2) is 0 Å². The van der Waals surface area contributed by atoms with Crippen LogP contribution in [0.3, 0.4) is 0 Å². The standard InChI is InChI=1S/C23H21Cl3N2O3/c1-13-2-9-18-19(10-13)23(31)28(22(18)30)27(12-15-5-8-17(25)11-20(15)26)21(29)14-3-6-16(24)7-4-14/h3-8,11,13,18-19H,2,9-10,12H2,1H3/t13-,18+,19+/m1/s1. The Bertz CT molecular complexity index is 1040. The monoisotopic (exact) mass is 478 g/mol. The number of amides is 3. The molecule has 3 amide bonds. The summed E-state index contributed by atoms with van der Waals surface area (Å²) in [5.74, 6) is -1.54. The van der Waals surface area contributed by atoms with Gasteiger partial charge in [-0.25, -0.2) is 5.01 Å². The van der Waals surface area contributed by atoms with Gasteiger partial charge in [-0.3, -0.25) is 14.4 Å². The van der Waals surface area contributed by atoms with E-state index in [2.05, 4.69) is 6.92 Å². The molecule has 1 heterocycles. The first kappa shape index (κ1) is 22.1. The number of halogens is 3. The van der Waals surface area contributed by atoms with Crippen LogP contribution >= 0.6 is 34.8 Å². The lowest BCUT2D eigenvalue weighted by molar-refractivity contribution is -0.155. The Morgan fingerprint density at radius 1 is 0.968 bits per heavy atom. The van der Waals surface area contributed by atoms with Crippen LogP contribution in [0.2, 0.25) is 15.1 Å². The highest BCUT2D eigenvalue weighted by Gasteiger charge is 2.52. The van der Waals surface area contributed by atoms with Gasteiger partial charge in [-0.2, -0.15) is 5.01 Å². The van der Waals surface area contributed by atoms with Crippen molar-refractivity contribution in [3.05, 3.63) is 68.7 Å². The van der Waals surface area contributed by atoms with Crippen LogP contribution in [0, 0.1) is 17.8 Å². The summed E-state index contributed by atoms with van der Waals surface area (Å²) in [6.07, 6.45) is 2.19. The van der Waals surface area contributed by atoms with Crippen LogP contribution in [0.15, 0.2) is 42.5 Å². The van der Waals surface area contributed by atoms with Crippen molar-refractivity contribution < 1.29 is 14.4 Å². The van der Waals surface area contributed by atoms with Crippen LogP contribution in [0.1, 0.15) is 42.1 Å². The molecule has 0 spiro atoms. The molecule has 3 atom stereocenters. The zero-order valence-electron chi connectivity index (χ0n) is 16.9. The van der Waals surface area contributed by atoms with E-state index in [0.717, 1.165) is 11.4 Å². The third-order valence-electron chi connectivity index (χ3n) is 6.07. The van der Waals surface area contributed by atoms with Gasteiger partial charge in [-0.05, 0) is 67.1 Å². The summed E-state index contributed by atoms with van der Waals surface area (Å²) in [7, 11) is 0. The molecule has 5 nitrogen and oxygen atoms in total. The molecule has 0 bridgehead atoms. The molecule has 4 rings (SSSR count). The average molecular weight is 480 g/mol. The summed E-state index contributed by atoms with van der Waals surface area (Å²) in [6.45, 7) is 2.05. The molecule has 2 aromatic rings. The minimum atomic E-state index is -0.476. The van der Waals surface area contributed by atoms with E-state index in [1.807, 2.05) is 0 Å². The molecule has 31 heavy (non-hydrogen) atoms. The second-order valence-corrected chi connectivity index (χ2v) is 9.50. The highest BCUT2D eigenvalue weighted by Crippen LogP contribution is 2.41. The SMILES string of the molecule is C[C@@H]1CC[C@@H]2C(=O)N(N(Cc3ccc(Cl)cc3Cl)C(=O)c3ccc(Cl)cc3)C(=O)[C@H]2C1. The number of imide groups is 1. The molecule has 162 valence electrons. The van der Waals surface area contributed by atoms with Crippen LogP contribution in [0.4, 0.5) is 0 Å². The Hall–Kier alpha value is -2.08. The summed E-state index contributed by atoms with van der Waals surface area (Å²) in [5, 5.41) is 3.53. The zero-order valence-corrected chi connectivity index (χ0v) is 19.1. The maximum absolute atomic E-state index is 13.5. The molecule has 0 unspecified atom stereocenters. The molecule has 1 aliphatic heterocycles. The van der Waals surface area contributed by atoms with Gasteiger partial charge in [0.2, 0.25) is 0 Å². The molecule has 2 fully saturated rings. The van der Waals surface area contributed by atoms with Gasteiger partial charge < -0.3 is 0 Å². The second-order valence-electron chi connectivity index (χ2n) is 8.22. The number of fused-ring (bicyclic) bond motifs is 1. The second kappa shape index (κ2) is 8.81. The lowest BCUT2D eigenvalue weighted by atomic mass is 9.76. The smallest absolute Gasteiger partial charge is 0.272 e. The largest absolute Gasteiger partial charge is 0.273 e. The molecular weight excluding hydrogens is 459 g/mol. The Balaban J connectivity index is 1.72. The fourth-order valence-electron chi connectivity index (χ4n) is 4.40. The number of carbonyl (C=O) groups is 3. The first-order valence-corrected chi connectivity index (χ1v) is 11.3. The molecule has 2 aromatic carbocycles. The number of rotatable bonds is 4. The lowest BCUT2D eigenvalue weighted by Crippen LogP contribution is -2.49. The molecular formula is C23H21Cl3N2O3. The molecule has 1 saturated carbocycles. The predicted octanol–water partition coefficient (Wildman–Crippen LogP) is 5.63. The van der Waals surface area contributed by atoms with Crippen LogP contribution < -0.4 is 0 Å². The van der Waals surface area contributed by atoms with Crippen molar-refractivity contribution in [2.24, 2.45) is 17.8 Å². The molecule has 2 aliphatic rings. The number of hydrazine groups is 1. The van der Waals surface area contributed by atoms with Gasteiger partial charge in [-0.1, -0.05) is 47.8 Å². The number of hydrogen-bond acceptors (Lipinski definition) is 3. The average Bonchev–Trinajstić information content (AvgIpc) is 2.97. The Kier molecular flexibility index (Phi) is 6.29. The molecule has 1 aliphatic carbocycles. The van der Waals surface area contributed by atoms with E-state index < -0.39 is 11.8 Å². The maximum Gasteiger partial charge on any atom is 0.273 e. The van der Waals surface area contributed by atoms with E-state index in [1.165, 1.54) is 5.01 Å². The van der Waals surface area contributed by atoms with E-state index in [-0.39, 0.29) is 24.3 Å². The van der Waals surface area contributed by atoms with E-state index >= 15 is 0 Å². The minimum Gasteiger partial charge on any atom is -0.272 e. The van der Waals surface area contributed by atoms with Crippen LogP contribution in [-0.4, -0.2) is 27.7 Å². The summed E-state index contributed by atoms with van der Waals surface area (Å²) < 4.78 is 0. The fourth-order valence-corrected chi connectivity index (χ4v) is 4.99. The Morgan fingerprint density at radius 2 is 1.61 bits per heavy atom. The quantitative estimate of drug-likeness (QED) is 0.534. The molecule has 0 aromatic heterocycles. The Morgan fingerprint density at radius 3 is 2.29 bits per heavy atom. The van der Waals surface area contributed by atoms with E-state index in [9.17, 15) is 14.4 Å². The van der Waals surface area contributed by atoms with E-state index in [0.29, 0.717) is 45.0 Å². The Labute approximate surface area is 195 Å². The first-order chi connectivity index (χ1) is 14.8. The molecule has 1 saturated heterocycles. The van der Waals surface area contributed by atoms with Crippen LogP contribution in [0.25, 0.3) is 0 Å². The van der Waals surface area contributed by atoms with Crippen molar-refractivity contribution >= 4 is 52.5 Å². The van der Waals surface area contributed by atoms with E-state index in [1.54, 1.807) is 42.5 Å². The van der Waals surface area contributed by atoms with Gasteiger partial charge in [-0.15, -0.1) is 0 Å². The van der Waals surface area contributed by atoms with Crippen molar-refractivity contribution in [1.82, 2.24) is 10.0 Å². The normalized spacial score (nSPS) is 23.1. The third kappa shape index (κ3) is 4.32. The summed E-state index contributed by atoms with van der Waals surface area (Å²) in [5.41, 5.74) is 0.899. The molecule has 0 N–H and O–H groups in total. The van der Waals surface area contributed by atoms with Crippen LogP contribution in [0.5, 0.6) is 0 Å². The van der Waals surface area contributed by atoms with Gasteiger partial charge in [0.25, 0.3) is 17.7 Å². The van der Waals surface area contributed by atoms with Gasteiger partial charge in [0, 0.05) is 20.6 Å². The molecule has 0 radical (unpaired) electrons. The fraction of sp³-hybridized carbons (Fsp3) is 0.348. The highest BCUT2D eigenvalue weighted by atomic mass is 35.5. The zero-order chi connectivity index (χ0) is 22.3. The van der Waals surface area contributed by atoms with Crippen molar-refractivity contribution in [2.45, 2.75) is 32.7 Å². The van der Waals surface area contributed by atoms with Crippen LogP contribution in [-0.2, 0) is 16.1 Å². The number of hydrogen-bond donors (Lipinski definition) is 0. The first-order valence-electron chi connectivity index (χ1n) is 10.2. The van der Waals surface area contributed by atoms with Crippen molar-refractivity contribution in [1.29, 1.82) is 0 Å². The lowest BCUT2D eigenvalue weighted by Gasteiger charge is -2.31. The topological polar surface area (TPSA) is 57.7 Å². The van der Waals surface area contributed by atoms with Crippen molar-refractivity contribution in [3.63, 3.8) is 0 Å². The number of nitrogens with zero attached hydrogens (tertiary/aromatic N) is 2. The summed E-state index contributed by atoms with van der Waals surface area (Å²) in [4.78, 5) is 40.0. The number of benzene rings is 2. The predicted molar refractivity (Wildman–Crippen MR) is 120 cm³/mol. The molecule has 8 heteroatoms. The maximum atomic E-state index is 13.5. The third-order valence-corrected chi connectivity index (χ3v) is 6.91. The van der Waals surface area contributed by atoms with Crippen molar-refractivity contribution in [3.8, 4) is 0 Å². The van der Waals surface area contributed by atoms with E-state index in [4.69, 9.17) is 34.8 Å². The van der Waals surface area contributed by atoms with Gasteiger partial charge in [0.1, 0.15) is 0 Å². The highest BCUT2D eigenvalue weighted by molar-refractivity contribution is 6.35. The van der Waals surface area contributed by atoms with Gasteiger partial charge in [0.05, 0.1) is 18.4 Å². The minimum absolute atomic E-state index is 0.0378. The summed E-state index contributed by atoms with van der Waals surface area (Å²) in [6, 6.07) is 11.2.